The molecular formula is C17H18N2O3. The summed E-state index contributed by atoms with van der Waals surface area (Å²) in [6.07, 6.45) is 3.31. The van der Waals surface area contributed by atoms with E-state index in [0.29, 0.717) is 11.3 Å². The van der Waals surface area contributed by atoms with Crippen LogP contribution in [0.4, 0.5) is 0 Å². The largest absolute Gasteiger partial charge is 0.451 e. The molecule has 1 fully saturated rings. The number of nitrogens with zero attached hydrogens (tertiary/aromatic N) is 1. The SMILES string of the molecule is NC(=O)c1ccc(-c2cccc(C(=O)N3CCCCC3)c2)o1. The van der Waals surface area contributed by atoms with Crippen LogP contribution in [0.5, 0.6) is 0 Å². The Bertz CT molecular complexity index is 699. The molecule has 2 aromatic rings. The van der Waals surface area contributed by atoms with Crippen molar-refractivity contribution in [3.8, 4) is 11.3 Å². The van der Waals surface area contributed by atoms with E-state index in [1.807, 2.05) is 17.0 Å². The Kier molecular flexibility index (Phi) is 3.96. The smallest absolute Gasteiger partial charge is 0.284 e. The summed E-state index contributed by atoms with van der Waals surface area (Å²) in [5.74, 6) is 0.0832. The second kappa shape index (κ2) is 6.05. The lowest BCUT2D eigenvalue weighted by atomic mass is 10.1. The fourth-order valence-corrected chi connectivity index (χ4v) is 2.71. The summed E-state index contributed by atoms with van der Waals surface area (Å²) in [5, 5.41) is 0. The summed E-state index contributed by atoms with van der Waals surface area (Å²) >= 11 is 0. The zero-order valence-electron chi connectivity index (χ0n) is 12.2. The monoisotopic (exact) mass is 298 g/mol. The number of furan rings is 1. The molecule has 1 saturated heterocycles. The minimum atomic E-state index is -0.605. The van der Waals surface area contributed by atoms with Gasteiger partial charge in [0, 0.05) is 24.2 Å². The highest BCUT2D eigenvalue weighted by Crippen LogP contribution is 2.24. The lowest BCUT2D eigenvalue weighted by Crippen LogP contribution is -2.35. The molecule has 5 nitrogen and oxygen atoms in total. The molecule has 2 amide bonds. The van der Waals surface area contributed by atoms with Gasteiger partial charge in [-0.15, -0.1) is 0 Å². The lowest BCUT2D eigenvalue weighted by molar-refractivity contribution is 0.0724. The van der Waals surface area contributed by atoms with Gasteiger partial charge in [-0.1, -0.05) is 12.1 Å². The fourth-order valence-electron chi connectivity index (χ4n) is 2.71. The first-order chi connectivity index (χ1) is 10.6. The van der Waals surface area contributed by atoms with E-state index in [1.165, 1.54) is 12.5 Å². The number of carbonyl (C=O) groups is 2. The van der Waals surface area contributed by atoms with Crippen LogP contribution in [0.2, 0.25) is 0 Å². The van der Waals surface area contributed by atoms with Crippen LogP contribution in [0.25, 0.3) is 11.3 Å². The number of hydrogen-bond acceptors (Lipinski definition) is 3. The minimum absolute atomic E-state index is 0.0447. The molecule has 0 saturated carbocycles. The zero-order chi connectivity index (χ0) is 15.5. The molecule has 0 bridgehead atoms. The standard InChI is InChI=1S/C17H18N2O3/c18-16(20)15-8-7-14(22-15)12-5-4-6-13(11-12)17(21)19-9-2-1-3-10-19/h4-8,11H,1-3,9-10H2,(H2,18,20). The molecule has 3 rings (SSSR count). The summed E-state index contributed by atoms with van der Waals surface area (Å²) in [5.41, 5.74) is 6.58. The maximum Gasteiger partial charge on any atom is 0.284 e. The van der Waals surface area contributed by atoms with Crippen LogP contribution >= 0.6 is 0 Å². The third-order valence-corrected chi connectivity index (χ3v) is 3.89. The summed E-state index contributed by atoms with van der Waals surface area (Å²) in [7, 11) is 0. The highest BCUT2D eigenvalue weighted by Gasteiger charge is 2.19. The number of nitrogens with two attached hydrogens (primary N) is 1. The lowest BCUT2D eigenvalue weighted by Gasteiger charge is -2.26. The first-order valence-electron chi connectivity index (χ1n) is 7.44. The number of piperidine rings is 1. The molecule has 114 valence electrons. The van der Waals surface area contributed by atoms with E-state index >= 15 is 0 Å². The highest BCUT2D eigenvalue weighted by molar-refractivity contribution is 5.95. The van der Waals surface area contributed by atoms with Crippen molar-refractivity contribution in [3.63, 3.8) is 0 Å². The number of rotatable bonds is 3. The highest BCUT2D eigenvalue weighted by atomic mass is 16.3. The summed E-state index contributed by atoms with van der Waals surface area (Å²) < 4.78 is 5.41. The van der Waals surface area contributed by atoms with Crippen LogP contribution in [0, 0.1) is 0 Å². The van der Waals surface area contributed by atoms with E-state index < -0.39 is 5.91 Å². The normalized spacial score (nSPS) is 14.8. The van der Waals surface area contributed by atoms with Gasteiger partial charge in [0.15, 0.2) is 5.76 Å². The molecule has 1 aliphatic rings. The van der Waals surface area contributed by atoms with Crippen LogP contribution in [-0.4, -0.2) is 29.8 Å². The molecule has 1 aromatic carbocycles. The van der Waals surface area contributed by atoms with Crippen LogP contribution in [0.3, 0.4) is 0 Å². The van der Waals surface area contributed by atoms with Crippen LogP contribution in [0.15, 0.2) is 40.8 Å². The zero-order valence-corrected chi connectivity index (χ0v) is 12.2. The molecule has 0 radical (unpaired) electrons. The van der Waals surface area contributed by atoms with Gasteiger partial charge in [-0.3, -0.25) is 9.59 Å². The second-order valence-corrected chi connectivity index (χ2v) is 5.46. The third kappa shape index (κ3) is 2.88. The molecule has 22 heavy (non-hydrogen) atoms. The van der Waals surface area contributed by atoms with Crippen LogP contribution in [0.1, 0.15) is 40.2 Å². The average molecular weight is 298 g/mol. The van der Waals surface area contributed by atoms with Crippen molar-refractivity contribution in [2.45, 2.75) is 19.3 Å². The Morgan fingerprint density at radius 3 is 2.50 bits per heavy atom. The van der Waals surface area contributed by atoms with Gasteiger partial charge in [-0.25, -0.2) is 0 Å². The van der Waals surface area contributed by atoms with Crippen molar-refractivity contribution < 1.29 is 14.0 Å². The van der Waals surface area contributed by atoms with Crippen molar-refractivity contribution in [2.24, 2.45) is 5.73 Å². The molecule has 2 heterocycles. The Balaban J connectivity index is 1.85. The fraction of sp³-hybridized carbons (Fsp3) is 0.294. The number of hydrogen-bond donors (Lipinski definition) is 1. The molecule has 1 aromatic heterocycles. The third-order valence-electron chi connectivity index (χ3n) is 3.89. The number of primary amides is 1. The second-order valence-electron chi connectivity index (χ2n) is 5.46. The van der Waals surface area contributed by atoms with Crippen molar-refractivity contribution in [2.75, 3.05) is 13.1 Å². The maximum atomic E-state index is 12.5. The summed E-state index contributed by atoms with van der Waals surface area (Å²) in [6.45, 7) is 1.63. The van der Waals surface area contributed by atoms with E-state index in [1.54, 1.807) is 18.2 Å². The first-order valence-corrected chi connectivity index (χ1v) is 7.44. The van der Waals surface area contributed by atoms with Gasteiger partial charge >= 0.3 is 0 Å². The molecule has 0 spiro atoms. The van der Waals surface area contributed by atoms with Crippen molar-refractivity contribution in [1.82, 2.24) is 4.90 Å². The van der Waals surface area contributed by atoms with Crippen molar-refractivity contribution in [3.05, 3.63) is 47.7 Å². The predicted octanol–water partition coefficient (Wildman–Crippen LogP) is 2.67. The predicted molar refractivity (Wildman–Crippen MR) is 82.4 cm³/mol. The minimum Gasteiger partial charge on any atom is -0.451 e. The van der Waals surface area contributed by atoms with E-state index in [9.17, 15) is 9.59 Å². The quantitative estimate of drug-likeness (QED) is 0.946. The van der Waals surface area contributed by atoms with Gasteiger partial charge in [0.2, 0.25) is 0 Å². The number of likely N-dealkylation sites (tertiary alicyclic amines) is 1. The Hall–Kier alpha value is -2.56. The molecule has 5 heteroatoms. The van der Waals surface area contributed by atoms with E-state index in [4.69, 9.17) is 10.2 Å². The van der Waals surface area contributed by atoms with Crippen LogP contribution < -0.4 is 5.73 Å². The summed E-state index contributed by atoms with van der Waals surface area (Å²) in [6, 6.07) is 10.5. The number of benzene rings is 1. The van der Waals surface area contributed by atoms with Crippen molar-refractivity contribution in [1.29, 1.82) is 0 Å². The van der Waals surface area contributed by atoms with Gasteiger partial charge in [-0.2, -0.15) is 0 Å². The van der Waals surface area contributed by atoms with Gasteiger partial charge in [-0.05, 0) is 43.5 Å². The van der Waals surface area contributed by atoms with E-state index in [2.05, 4.69) is 0 Å². The first kappa shape index (κ1) is 14.4. The topological polar surface area (TPSA) is 76.5 Å². The maximum absolute atomic E-state index is 12.5. The van der Waals surface area contributed by atoms with Crippen molar-refractivity contribution >= 4 is 11.8 Å². The molecular weight excluding hydrogens is 280 g/mol. The average Bonchev–Trinajstić information content (AvgIpc) is 3.05. The van der Waals surface area contributed by atoms with E-state index in [-0.39, 0.29) is 11.7 Å². The van der Waals surface area contributed by atoms with E-state index in [0.717, 1.165) is 31.5 Å². The molecule has 2 N–H and O–H groups in total. The Morgan fingerprint density at radius 1 is 1.05 bits per heavy atom. The van der Waals surface area contributed by atoms with Gasteiger partial charge in [0.25, 0.3) is 11.8 Å². The Morgan fingerprint density at radius 2 is 1.82 bits per heavy atom. The summed E-state index contributed by atoms with van der Waals surface area (Å²) in [4.78, 5) is 25.5. The Labute approximate surface area is 128 Å². The van der Waals surface area contributed by atoms with Crippen LogP contribution in [-0.2, 0) is 0 Å². The number of amides is 2. The molecule has 0 atom stereocenters. The van der Waals surface area contributed by atoms with Gasteiger partial charge < -0.3 is 15.1 Å². The van der Waals surface area contributed by atoms with Gasteiger partial charge in [0.1, 0.15) is 5.76 Å². The van der Waals surface area contributed by atoms with Gasteiger partial charge in [0.05, 0.1) is 0 Å². The molecule has 1 aliphatic heterocycles. The molecule has 0 aliphatic carbocycles. The molecule has 0 unspecified atom stereocenters. The number of carbonyl (C=O) groups excluding carboxylic acids is 2.